The molecule has 0 atom stereocenters. The number of hydrogen-bond donors (Lipinski definition) is 1. The Labute approximate surface area is 216 Å². The number of anilines is 2. The molecular formula is C28H31N7S. The van der Waals surface area contributed by atoms with Gasteiger partial charge in [-0.25, -0.2) is 4.98 Å². The Bertz CT molecular complexity index is 1380. The van der Waals surface area contributed by atoms with Crippen molar-refractivity contribution in [1.82, 2.24) is 19.5 Å². The number of aromatic nitrogens is 3. The number of fused-ring (bicyclic) bond motifs is 1. The van der Waals surface area contributed by atoms with E-state index < -0.39 is 0 Å². The van der Waals surface area contributed by atoms with Gasteiger partial charge >= 0.3 is 0 Å². The van der Waals surface area contributed by atoms with E-state index in [0.717, 1.165) is 59.9 Å². The number of nitrogens with zero attached hydrogens (tertiary/aromatic N) is 6. The van der Waals surface area contributed by atoms with Crippen LogP contribution in [0.25, 0.3) is 16.2 Å². The van der Waals surface area contributed by atoms with Crippen molar-refractivity contribution in [3.05, 3.63) is 65.2 Å². The molecule has 1 N–H and O–H groups in total. The normalized spacial score (nSPS) is 17.1. The van der Waals surface area contributed by atoms with Crippen LogP contribution in [0, 0.1) is 18.3 Å². The fraction of sp³-hybridized carbons (Fsp3) is 0.393. The van der Waals surface area contributed by atoms with E-state index in [0.29, 0.717) is 11.6 Å². The second-order valence-electron chi connectivity index (χ2n) is 9.96. The molecule has 184 valence electrons. The average molecular weight is 498 g/mol. The topological polar surface area (TPSA) is 72.5 Å². The predicted molar refractivity (Wildman–Crippen MR) is 146 cm³/mol. The molecule has 6 rings (SSSR count). The Morgan fingerprint density at radius 3 is 2.56 bits per heavy atom. The first-order chi connectivity index (χ1) is 17.7. The molecule has 2 fully saturated rings. The molecule has 3 heterocycles. The van der Waals surface area contributed by atoms with Crippen molar-refractivity contribution in [3.63, 3.8) is 0 Å². The zero-order valence-corrected chi connectivity index (χ0v) is 21.5. The summed E-state index contributed by atoms with van der Waals surface area (Å²) in [4.78, 5) is 10.9. The number of nitrogens with one attached hydrogen (secondary N) is 1. The Hall–Kier alpha value is -3.41. The molecule has 8 heteroatoms. The van der Waals surface area contributed by atoms with E-state index in [-0.39, 0.29) is 0 Å². The molecule has 2 aromatic carbocycles. The molecular weight excluding hydrogens is 466 g/mol. The second kappa shape index (κ2) is 9.92. The van der Waals surface area contributed by atoms with E-state index in [4.69, 9.17) is 15.3 Å². The van der Waals surface area contributed by atoms with Gasteiger partial charge in [-0.3, -0.25) is 4.90 Å². The Kier molecular flexibility index (Phi) is 6.34. The lowest BCUT2D eigenvalue weighted by Crippen LogP contribution is -2.46. The molecule has 0 unspecified atom stereocenters. The molecule has 2 aliphatic rings. The summed E-state index contributed by atoms with van der Waals surface area (Å²) in [5.41, 5.74) is 5.35. The van der Waals surface area contributed by atoms with Crippen molar-refractivity contribution in [1.29, 1.82) is 5.26 Å². The van der Waals surface area contributed by atoms with Crippen molar-refractivity contribution < 1.29 is 0 Å². The minimum Gasteiger partial charge on any atom is -0.365 e. The highest BCUT2D eigenvalue weighted by molar-refractivity contribution is 7.20. The Morgan fingerprint density at radius 1 is 1.06 bits per heavy atom. The third-order valence-corrected chi connectivity index (χ3v) is 8.28. The summed E-state index contributed by atoms with van der Waals surface area (Å²) < 4.78 is 2.04. The van der Waals surface area contributed by atoms with Gasteiger partial charge in [0.05, 0.1) is 11.6 Å². The molecule has 36 heavy (non-hydrogen) atoms. The van der Waals surface area contributed by atoms with Crippen molar-refractivity contribution in [2.75, 3.05) is 36.4 Å². The number of hydrogen-bond acceptors (Lipinski definition) is 7. The van der Waals surface area contributed by atoms with Crippen LogP contribution in [0.3, 0.4) is 0 Å². The number of aryl methyl sites for hydroxylation is 1. The van der Waals surface area contributed by atoms with Crippen LogP contribution in [-0.2, 0) is 6.54 Å². The number of rotatable bonds is 6. The molecule has 1 aliphatic heterocycles. The highest BCUT2D eigenvalue weighted by atomic mass is 32.1. The van der Waals surface area contributed by atoms with E-state index in [1.165, 1.54) is 36.8 Å². The van der Waals surface area contributed by atoms with E-state index in [1.807, 2.05) is 16.6 Å². The number of nitriles is 1. The molecule has 2 aromatic heterocycles. The zero-order chi connectivity index (χ0) is 24.5. The van der Waals surface area contributed by atoms with E-state index in [2.05, 4.69) is 64.5 Å². The maximum Gasteiger partial charge on any atom is 0.216 e. The molecule has 0 radical (unpaired) electrons. The number of benzene rings is 2. The summed E-state index contributed by atoms with van der Waals surface area (Å²) in [7, 11) is 0. The minimum absolute atomic E-state index is 0.490. The third kappa shape index (κ3) is 4.69. The van der Waals surface area contributed by atoms with Gasteiger partial charge in [0.15, 0.2) is 5.82 Å². The fourth-order valence-corrected chi connectivity index (χ4v) is 6.25. The van der Waals surface area contributed by atoms with Crippen molar-refractivity contribution in [2.45, 2.75) is 45.2 Å². The van der Waals surface area contributed by atoms with Crippen LogP contribution in [0.2, 0.25) is 0 Å². The van der Waals surface area contributed by atoms with Crippen LogP contribution >= 0.6 is 11.3 Å². The van der Waals surface area contributed by atoms with Gasteiger partial charge in [0, 0.05) is 44.3 Å². The first kappa shape index (κ1) is 23.0. The minimum atomic E-state index is 0.490. The number of piperazine rings is 1. The monoisotopic (exact) mass is 497 g/mol. The Morgan fingerprint density at radius 2 is 1.83 bits per heavy atom. The second-order valence-corrected chi connectivity index (χ2v) is 10.9. The largest absolute Gasteiger partial charge is 0.365 e. The summed E-state index contributed by atoms with van der Waals surface area (Å²) in [5, 5.41) is 18.9. The summed E-state index contributed by atoms with van der Waals surface area (Å²) in [6.07, 6.45) is 4.99. The average Bonchev–Trinajstić information content (AvgIpc) is 3.63. The van der Waals surface area contributed by atoms with Crippen LogP contribution < -0.4 is 10.2 Å². The van der Waals surface area contributed by atoms with Crippen LogP contribution in [-0.4, -0.2) is 51.7 Å². The summed E-state index contributed by atoms with van der Waals surface area (Å²) in [6, 6.07) is 19.2. The Balaban J connectivity index is 1.20. The van der Waals surface area contributed by atoms with Crippen LogP contribution in [0.15, 0.2) is 48.5 Å². The van der Waals surface area contributed by atoms with Gasteiger partial charge in [0.25, 0.3) is 0 Å². The van der Waals surface area contributed by atoms with Crippen molar-refractivity contribution >= 4 is 27.2 Å². The van der Waals surface area contributed by atoms with E-state index in [9.17, 15) is 0 Å². The highest BCUT2D eigenvalue weighted by Gasteiger charge is 2.25. The molecule has 0 bridgehead atoms. The third-order valence-electron chi connectivity index (χ3n) is 7.31. The van der Waals surface area contributed by atoms with Crippen LogP contribution in [0.1, 0.15) is 42.4 Å². The SMILES string of the molecule is Cc1cccc(-c2nc3sc(N4CCN(Cc5ccc(C#N)cc5)CC4)nn3c2NC2CCCC2)c1. The maximum absolute atomic E-state index is 9.02. The first-order valence-corrected chi connectivity index (χ1v) is 13.7. The van der Waals surface area contributed by atoms with E-state index in [1.54, 1.807) is 11.3 Å². The molecule has 7 nitrogen and oxygen atoms in total. The van der Waals surface area contributed by atoms with E-state index >= 15 is 0 Å². The molecule has 1 saturated carbocycles. The lowest BCUT2D eigenvalue weighted by molar-refractivity contribution is 0.249. The van der Waals surface area contributed by atoms with Crippen LogP contribution in [0.4, 0.5) is 10.9 Å². The smallest absolute Gasteiger partial charge is 0.216 e. The fourth-order valence-electron chi connectivity index (χ4n) is 5.29. The van der Waals surface area contributed by atoms with Crippen molar-refractivity contribution in [3.8, 4) is 17.3 Å². The predicted octanol–water partition coefficient (Wildman–Crippen LogP) is 5.31. The lowest BCUT2D eigenvalue weighted by Gasteiger charge is -2.34. The standard InChI is InChI=1S/C28H31N7S/c1-20-5-4-6-23(17-20)25-26(30-24-7-2-3-8-24)35-27(31-25)36-28(32-35)34-15-13-33(14-16-34)19-22-11-9-21(18-29)10-12-22/h4-6,9-12,17,24,30H,2-3,7-8,13-16,19H2,1H3. The summed E-state index contributed by atoms with van der Waals surface area (Å²) in [5.74, 6) is 1.03. The van der Waals surface area contributed by atoms with Gasteiger partial charge in [0.1, 0.15) is 5.69 Å². The quantitative estimate of drug-likeness (QED) is 0.389. The lowest BCUT2D eigenvalue weighted by atomic mass is 10.1. The molecule has 4 aromatic rings. The van der Waals surface area contributed by atoms with Gasteiger partial charge in [-0.2, -0.15) is 9.78 Å². The zero-order valence-electron chi connectivity index (χ0n) is 20.7. The van der Waals surface area contributed by atoms with Gasteiger partial charge in [0.2, 0.25) is 10.1 Å². The first-order valence-electron chi connectivity index (χ1n) is 12.9. The maximum atomic E-state index is 9.02. The molecule has 0 amide bonds. The highest BCUT2D eigenvalue weighted by Crippen LogP contribution is 2.35. The molecule has 0 spiro atoms. The van der Waals surface area contributed by atoms with Gasteiger partial charge < -0.3 is 10.2 Å². The summed E-state index contributed by atoms with van der Waals surface area (Å²) in [6.45, 7) is 6.92. The van der Waals surface area contributed by atoms with Gasteiger partial charge in [-0.05, 0) is 43.5 Å². The van der Waals surface area contributed by atoms with Crippen LogP contribution in [0.5, 0.6) is 0 Å². The van der Waals surface area contributed by atoms with Gasteiger partial charge in [-0.1, -0.05) is 60.1 Å². The summed E-state index contributed by atoms with van der Waals surface area (Å²) >= 11 is 1.68. The van der Waals surface area contributed by atoms with Gasteiger partial charge in [-0.15, -0.1) is 5.10 Å². The number of imidazole rings is 1. The van der Waals surface area contributed by atoms with Crippen molar-refractivity contribution in [2.24, 2.45) is 0 Å². The molecule has 1 saturated heterocycles. The molecule has 1 aliphatic carbocycles.